The number of carbonyl (C=O) groups is 2. The summed E-state index contributed by atoms with van der Waals surface area (Å²) in [6.07, 6.45) is 8.26. The average Bonchev–Trinajstić information content (AvgIpc) is 3.02. The number of hydrogen-bond donors (Lipinski definition) is 3. The number of hydrogen-bond acceptors (Lipinski definition) is 6. The molecule has 3 rings (SSSR count). The first-order chi connectivity index (χ1) is 12.1. The summed E-state index contributed by atoms with van der Waals surface area (Å²) in [5, 5.41) is 9.60. The van der Waals surface area contributed by atoms with Crippen molar-refractivity contribution in [2.75, 3.05) is 23.3 Å². The van der Waals surface area contributed by atoms with Gasteiger partial charge in [-0.25, -0.2) is 14.8 Å². The number of nitrogens with two attached hydrogens (primary N) is 1. The minimum atomic E-state index is -0.496. The van der Waals surface area contributed by atoms with E-state index >= 15 is 0 Å². The molecule has 10 heteroatoms. The number of carbonyl (C=O) groups excluding carboxylic acids is 2. The third kappa shape index (κ3) is 4.66. The Morgan fingerprint density at radius 1 is 1.32 bits per heavy atom. The van der Waals surface area contributed by atoms with Crippen molar-refractivity contribution in [1.29, 1.82) is 0 Å². The van der Waals surface area contributed by atoms with Gasteiger partial charge in [-0.05, 0) is 18.9 Å². The first-order valence-corrected chi connectivity index (χ1v) is 8.00. The number of urea groups is 1. The zero-order valence-corrected chi connectivity index (χ0v) is 13.6. The number of nitrogens with zero attached hydrogens (tertiary/aromatic N) is 5. The standard InChI is InChI=1S/C15H20N8O2/c16-13(24)10-23-9-12(7-19-23)21-15(25)20-11-3-1-6-22(8-11)14-17-4-2-5-18-14/h2,4-5,7,9,11H,1,3,6,8,10H2,(H2,16,24)(H2,20,21,25). The summed E-state index contributed by atoms with van der Waals surface area (Å²) >= 11 is 0. The van der Waals surface area contributed by atoms with Crippen molar-refractivity contribution in [3.05, 3.63) is 30.9 Å². The van der Waals surface area contributed by atoms with Crippen LogP contribution in [0.25, 0.3) is 0 Å². The summed E-state index contributed by atoms with van der Waals surface area (Å²) in [4.78, 5) is 33.6. The molecule has 3 heterocycles. The molecular weight excluding hydrogens is 324 g/mol. The number of aromatic nitrogens is 4. The third-order valence-electron chi connectivity index (χ3n) is 3.80. The fourth-order valence-corrected chi connectivity index (χ4v) is 2.76. The summed E-state index contributed by atoms with van der Waals surface area (Å²) in [5.41, 5.74) is 5.60. The van der Waals surface area contributed by atoms with Crippen molar-refractivity contribution < 1.29 is 9.59 Å². The quantitative estimate of drug-likeness (QED) is 0.697. The highest BCUT2D eigenvalue weighted by Crippen LogP contribution is 2.15. The summed E-state index contributed by atoms with van der Waals surface area (Å²) in [5.74, 6) is 0.173. The number of primary amides is 1. The van der Waals surface area contributed by atoms with Gasteiger partial charge in [0.25, 0.3) is 0 Å². The summed E-state index contributed by atoms with van der Waals surface area (Å²) < 4.78 is 1.37. The van der Waals surface area contributed by atoms with E-state index in [4.69, 9.17) is 5.73 Å². The van der Waals surface area contributed by atoms with Crippen LogP contribution in [0.1, 0.15) is 12.8 Å². The Balaban J connectivity index is 1.52. The summed E-state index contributed by atoms with van der Waals surface area (Å²) in [6, 6.07) is 1.45. The van der Waals surface area contributed by atoms with E-state index in [9.17, 15) is 9.59 Å². The fraction of sp³-hybridized carbons (Fsp3) is 0.400. The molecule has 0 bridgehead atoms. The first-order valence-electron chi connectivity index (χ1n) is 8.00. The van der Waals surface area contributed by atoms with Gasteiger partial charge in [0.05, 0.1) is 11.9 Å². The smallest absolute Gasteiger partial charge is 0.319 e. The Labute approximate surface area is 144 Å². The number of nitrogens with one attached hydrogen (secondary N) is 2. The lowest BCUT2D eigenvalue weighted by Gasteiger charge is -2.33. The number of piperidine rings is 1. The van der Waals surface area contributed by atoms with E-state index in [1.165, 1.54) is 10.9 Å². The van der Waals surface area contributed by atoms with Gasteiger partial charge in [-0.1, -0.05) is 0 Å². The lowest BCUT2D eigenvalue weighted by atomic mass is 10.1. The molecule has 0 radical (unpaired) electrons. The molecule has 0 aliphatic carbocycles. The lowest BCUT2D eigenvalue weighted by Crippen LogP contribution is -2.49. The van der Waals surface area contributed by atoms with E-state index in [1.807, 2.05) is 0 Å². The normalized spacial score (nSPS) is 17.1. The van der Waals surface area contributed by atoms with Crippen LogP contribution >= 0.6 is 0 Å². The molecule has 2 aromatic rings. The molecule has 1 aliphatic heterocycles. The largest absolute Gasteiger partial charge is 0.368 e. The number of amides is 3. The van der Waals surface area contributed by atoms with Crippen LogP contribution in [-0.4, -0.2) is 50.8 Å². The molecule has 1 atom stereocenters. The van der Waals surface area contributed by atoms with E-state index in [2.05, 4.69) is 30.6 Å². The lowest BCUT2D eigenvalue weighted by molar-refractivity contribution is -0.118. The minimum Gasteiger partial charge on any atom is -0.368 e. The molecule has 1 saturated heterocycles. The monoisotopic (exact) mass is 344 g/mol. The van der Waals surface area contributed by atoms with Gasteiger partial charge >= 0.3 is 6.03 Å². The first kappa shape index (κ1) is 16.7. The van der Waals surface area contributed by atoms with Crippen LogP contribution in [-0.2, 0) is 11.3 Å². The molecule has 25 heavy (non-hydrogen) atoms. The van der Waals surface area contributed by atoms with Crippen LogP contribution < -0.4 is 21.3 Å². The molecule has 2 aromatic heterocycles. The van der Waals surface area contributed by atoms with E-state index in [1.54, 1.807) is 24.7 Å². The van der Waals surface area contributed by atoms with Crippen LogP contribution in [0.15, 0.2) is 30.9 Å². The van der Waals surface area contributed by atoms with Crippen LogP contribution in [0.5, 0.6) is 0 Å². The van der Waals surface area contributed by atoms with Gasteiger partial charge in [0.2, 0.25) is 11.9 Å². The third-order valence-corrected chi connectivity index (χ3v) is 3.80. The highest BCUT2D eigenvalue weighted by Gasteiger charge is 2.23. The Morgan fingerprint density at radius 2 is 2.12 bits per heavy atom. The molecule has 10 nitrogen and oxygen atoms in total. The maximum atomic E-state index is 12.2. The fourth-order valence-electron chi connectivity index (χ4n) is 2.76. The van der Waals surface area contributed by atoms with Crippen molar-refractivity contribution >= 4 is 23.6 Å². The molecule has 1 fully saturated rings. The zero-order chi connectivity index (χ0) is 17.6. The van der Waals surface area contributed by atoms with Gasteiger partial charge in [-0.3, -0.25) is 9.48 Å². The Morgan fingerprint density at radius 3 is 2.88 bits per heavy atom. The second-order valence-electron chi connectivity index (χ2n) is 5.83. The SMILES string of the molecule is NC(=O)Cn1cc(NC(=O)NC2CCCN(c3ncccn3)C2)cn1. The molecule has 0 spiro atoms. The topological polar surface area (TPSA) is 131 Å². The van der Waals surface area contributed by atoms with E-state index in [-0.39, 0.29) is 18.6 Å². The molecule has 0 saturated carbocycles. The molecule has 3 amide bonds. The van der Waals surface area contributed by atoms with Crippen LogP contribution in [0.3, 0.4) is 0 Å². The molecule has 4 N–H and O–H groups in total. The Bertz CT molecular complexity index is 732. The Hall–Kier alpha value is -3.17. The maximum absolute atomic E-state index is 12.2. The van der Waals surface area contributed by atoms with Gasteiger partial charge in [0.15, 0.2) is 0 Å². The number of rotatable bonds is 5. The highest BCUT2D eigenvalue weighted by molar-refractivity contribution is 5.89. The predicted molar refractivity (Wildman–Crippen MR) is 90.8 cm³/mol. The van der Waals surface area contributed by atoms with Crippen molar-refractivity contribution in [3.8, 4) is 0 Å². The van der Waals surface area contributed by atoms with Gasteiger partial charge < -0.3 is 21.3 Å². The molecule has 132 valence electrons. The predicted octanol–water partition coefficient (Wildman–Crippen LogP) is -0.0511. The molecular formula is C15H20N8O2. The van der Waals surface area contributed by atoms with Crippen molar-refractivity contribution in [1.82, 2.24) is 25.1 Å². The second kappa shape index (κ2) is 7.60. The molecule has 1 unspecified atom stereocenters. The van der Waals surface area contributed by atoms with E-state index in [0.717, 1.165) is 19.4 Å². The van der Waals surface area contributed by atoms with Crippen LogP contribution in [0.2, 0.25) is 0 Å². The van der Waals surface area contributed by atoms with Crippen LogP contribution in [0.4, 0.5) is 16.4 Å². The molecule has 0 aromatic carbocycles. The van der Waals surface area contributed by atoms with Crippen molar-refractivity contribution in [2.45, 2.75) is 25.4 Å². The minimum absolute atomic E-state index is 0.00165. The molecule has 1 aliphatic rings. The summed E-state index contributed by atoms with van der Waals surface area (Å²) in [7, 11) is 0. The average molecular weight is 344 g/mol. The van der Waals surface area contributed by atoms with Gasteiger partial charge in [0, 0.05) is 37.7 Å². The van der Waals surface area contributed by atoms with Gasteiger partial charge in [0.1, 0.15) is 6.54 Å². The van der Waals surface area contributed by atoms with E-state index in [0.29, 0.717) is 18.2 Å². The Kier molecular flexibility index (Phi) is 5.07. The van der Waals surface area contributed by atoms with Gasteiger partial charge in [-0.15, -0.1) is 0 Å². The van der Waals surface area contributed by atoms with Crippen molar-refractivity contribution in [2.24, 2.45) is 5.73 Å². The van der Waals surface area contributed by atoms with Crippen LogP contribution in [0, 0.1) is 0 Å². The number of anilines is 2. The van der Waals surface area contributed by atoms with E-state index < -0.39 is 5.91 Å². The maximum Gasteiger partial charge on any atom is 0.319 e. The summed E-state index contributed by atoms with van der Waals surface area (Å²) in [6.45, 7) is 1.49. The second-order valence-corrected chi connectivity index (χ2v) is 5.83. The van der Waals surface area contributed by atoms with Crippen molar-refractivity contribution in [3.63, 3.8) is 0 Å². The van der Waals surface area contributed by atoms with Gasteiger partial charge in [-0.2, -0.15) is 5.10 Å². The zero-order valence-electron chi connectivity index (χ0n) is 13.6. The highest BCUT2D eigenvalue weighted by atomic mass is 16.2.